The lowest BCUT2D eigenvalue weighted by Crippen LogP contribution is -2.17. The van der Waals surface area contributed by atoms with Crippen LogP contribution < -0.4 is 14.8 Å². The standard InChI is InChI=1S/C16H15Cl2NO3/c1-19-16(20)11-3-2-4-13(9-11)21-7-8-22-15-10-12(17)5-6-14(15)18/h2-6,9-10H,7-8H2,1H3,(H,19,20). The summed E-state index contributed by atoms with van der Waals surface area (Å²) < 4.78 is 11.1. The van der Waals surface area contributed by atoms with Gasteiger partial charge in [0, 0.05) is 23.7 Å². The van der Waals surface area contributed by atoms with E-state index in [2.05, 4.69) is 5.32 Å². The summed E-state index contributed by atoms with van der Waals surface area (Å²) in [5.74, 6) is 0.950. The van der Waals surface area contributed by atoms with Gasteiger partial charge in [-0.15, -0.1) is 0 Å². The summed E-state index contributed by atoms with van der Waals surface area (Å²) in [5, 5.41) is 3.61. The lowest BCUT2D eigenvalue weighted by atomic mass is 10.2. The van der Waals surface area contributed by atoms with Gasteiger partial charge in [-0.25, -0.2) is 0 Å². The van der Waals surface area contributed by atoms with Gasteiger partial charge in [0.15, 0.2) is 0 Å². The van der Waals surface area contributed by atoms with Gasteiger partial charge >= 0.3 is 0 Å². The third-order valence-electron chi connectivity index (χ3n) is 2.83. The summed E-state index contributed by atoms with van der Waals surface area (Å²) in [6.07, 6.45) is 0. The molecule has 6 heteroatoms. The van der Waals surface area contributed by atoms with E-state index >= 15 is 0 Å². The van der Waals surface area contributed by atoms with Crippen molar-refractivity contribution in [3.8, 4) is 11.5 Å². The molecular formula is C16H15Cl2NO3. The highest BCUT2D eigenvalue weighted by Gasteiger charge is 2.05. The molecule has 4 nitrogen and oxygen atoms in total. The lowest BCUT2D eigenvalue weighted by molar-refractivity contribution is 0.0962. The fraction of sp³-hybridized carbons (Fsp3) is 0.188. The quantitative estimate of drug-likeness (QED) is 0.814. The zero-order chi connectivity index (χ0) is 15.9. The SMILES string of the molecule is CNC(=O)c1cccc(OCCOc2cc(Cl)ccc2Cl)c1. The molecule has 2 aromatic rings. The summed E-state index contributed by atoms with van der Waals surface area (Å²) in [6.45, 7) is 0.629. The van der Waals surface area contributed by atoms with Crippen LogP contribution in [-0.2, 0) is 0 Å². The molecule has 2 rings (SSSR count). The zero-order valence-electron chi connectivity index (χ0n) is 11.9. The van der Waals surface area contributed by atoms with Crippen molar-refractivity contribution in [2.45, 2.75) is 0 Å². The molecule has 0 atom stereocenters. The minimum absolute atomic E-state index is 0.160. The van der Waals surface area contributed by atoms with Crippen LogP contribution in [0.4, 0.5) is 0 Å². The first-order valence-electron chi connectivity index (χ1n) is 6.63. The molecule has 1 N–H and O–H groups in total. The summed E-state index contributed by atoms with van der Waals surface area (Å²) in [6, 6.07) is 11.9. The van der Waals surface area contributed by atoms with E-state index in [1.807, 2.05) is 0 Å². The van der Waals surface area contributed by atoms with E-state index in [4.69, 9.17) is 32.7 Å². The fourth-order valence-electron chi connectivity index (χ4n) is 1.77. The van der Waals surface area contributed by atoms with Gasteiger partial charge in [-0.05, 0) is 30.3 Å². The molecule has 0 aliphatic heterocycles. The smallest absolute Gasteiger partial charge is 0.251 e. The van der Waals surface area contributed by atoms with E-state index in [0.717, 1.165) is 0 Å². The van der Waals surface area contributed by atoms with Gasteiger partial charge in [0.2, 0.25) is 0 Å². The number of benzene rings is 2. The molecule has 0 fully saturated rings. The van der Waals surface area contributed by atoms with Crippen LogP contribution in [0.1, 0.15) is 10.4 Å². The number of nitrogens with one attached hydrogen (secondary N) is 1. The average molecular weight is 340 g/mol. The number of rotatable bonds is 6. The lowest BCUT2D eigenvalue weighted by Gasteiger charge is -2.10. The second-order valence-electron chi connectivity index (χ2n) is 4.38. The van der Waals surface area contributed by atoms with Crippen molar-refractivity contribution >= 4 is 29.1 Å². The maximum absolute atomic E-state index is 11.5. The Hall–Kier alpha value is -1.91. The molecule has 1 amide bonds. The van der Waals surface area contributed by atoms with E-state index in [1.54, 1.807) is 49.5 Å². The molecule has 116 valence electrons. The number of ether oxygens (including phenoxy) is 2. The van der Waals surface area contributed by atoms with Gasteiger partial charge < -0.3 is 14.8 Å². The maximum Gasteiger partial charge on any atom is 0.251 e. The Labute approximate surface area is 138 Å². The number of hydrogen-bond donors (Lipinski definition) is 1. The predicted molar refractivity (Wildman–Crippen MR) is 87.3 cm³/mol. The minimum atomic E-state index is -0.160. The van der Waals surface area contributed by atoms with Crippen LogP contribution in [0.15, 0.2) is 42.5 Å². The Bertz CT molecular complexity index is 662. The summed E-state index contributed by atoms with van der Waals surface area (Å²) in [5.41, 5.74) is 0.541. The van der Waals surface area contributed by atoms with Gasteiger partial charge in [-0.2, -0.15) is 0 Å². The van der Waals surface area contributed by atoms with Gasteiger partial charge in [0.25, 0.3) is 5.91 Å². The number of hydrogen-bond acceptors (Lipinski definition) is 3. The summed E-state index contributed by atoms with van der Waals surface area (Å²) >= 11 is 11.9. The molecule has 0 spiro atoms. The van der Waals surface area contributed by atoms with E-state index in [9.17, 15) is 4.79 Å². The largest absolute Gasteiger partial charge is 0.490 e. The van der Waals surface area contributed by atoms with Crippen molar-refractivity contribution in [1.29, 1.82) is 0 Å². The molecule has 0 aliphatic carbocycles. The van der Waals surface area contributed by atoms with Gasteiger partial charge in [0.05, 0.1) is 5.02 Å². The van der Waals surface area contributed by atoms with Gasteiger partial charge in [-0.3, -0.25) is 4.79 Å². The average Bonchev–Trinajstić information content (AvgIpc) is 2.54. The van der Waals surface area contributed by atoms with Crippen molar-refractivity contribution in [3.63, 3.8) is 0 Å². The van der Waals surface area contributed by atoms with Crippen molar-refractivity contribution in [2.75, 3.05) is 20.3 Å². The molecule has 0 radical (unpaired) electrons. The monoisotopic (exact) mass is 339 g/mol. The molecule has 0 unspecified atom stereocenters. The number of carbonyl (C=O) groups excluding carboxylic acids is 1. The van der Waals surface area contributed by atoms with Crippen molar-refractivity contribution in [3.05, 3.63) is 58.1 Å². The molecule has 0 saturated heterocycles. The number of carbonyl (C=O) groups is 1. The van der Waals surface area contributed by atoms with Crippen LogP contribution in [0.2, 0.25) is 10.0 Å². The highest BCUT2D eigenvalue weighted by molar-refractivity contribution is 6.34. The van der Waals surface area contributed by atoms with Crippen molar-refractivity contribution in [1.82, 2.24) is 5.32 Å². The highest BCUT2D eigenvalue weighted by Crippen LogP contribution is 2.27. The Kier molecular flexibility index (Phi) is 5.92. The van der Waals surface area contributed by atoms with Crippen LogP contribution in [0, 0.1) is 0 Å². The van der Waals surface area contributed by atoms with Crippen LogP contribution in [0.25, 0.3) is 0 Å². The zero-order valence-corrected chi connectivity index (χ0v) is 13.4. The second kappa shape index (κ2) is 7.92. The molecule has 0 saturated carbocycles. The van der Waals surface area contributed by atoms with Crippen LogP contribution in [0.5, 0.6) is 11.5 Å². The van der Waals surface area contributed by atoms with Crippen LogP contribution >= 0.6 is 23.2 Å². The first-order chi connectivity index (χ1) is 10.6. The van der Waals surface area contributed by atoms with Crippen molar-refractivity contribution in [2.24, 2.45) is 0 Å². The van der Waals surface area contributed by atoms with Crippen LogP contribution in [-0.4, -0.2) is 26.2 Å². The van der Waals surface area contributed by atoms with Gasteiger partial charge in [-0.1, -0.05) is 29.3 Å². The Morgan fingerprint density at radius 2 is 1.86 bits per heavy atom. The first kappa shape index (κ1) is 16.5. The predicted octanol–water partition coefficient (Wildman–Crippen LogP) is 3.81. The fourth-order valence-corrected chi connectivity index (χ4v) is 2.10. The molecule has 0 bridgehead atoms. The Balaban J connectivity index is 1.86. The van der Waals surface area contributed by atoms with Crippen LogP contribution in [0.3, 0.4) is 0 Å². The van der Waals surface area contributed by atoms with Crippen molar-refractivity contribution < 1.29 is 14.3 Å². The first-order valence-corrected chi connectivity index (χ1v) is 7.38. The highest BCUT2D eigenvalue weighted by atomic mass is 35.5. The van der Waals surface area contributed by atoms with E-state index < -0.39 is 0 Å². The maximum atomic E-state index is 11.5. The third kappa shape index (κ3) is 4.55. The molecular weight excluding hydrogens is 325 g/mol. The minimum Gasteiger partial charge on any atom is -0.490 e. The second-order valence-corrected chi connectivity index (χ2v) is 5.22. The van der Waals surface area contributed by atoms with Gasteiger partial charge in [0.1, 0.15) is 24.7 Å². The molecule has 22 heavy (non-hydrogen) atoms. The molecule has 0 aromatic heterocycles. The van der Waals surface area contributed by atoms with E-state index in [1.165, 1.54) is 0 Å². The number of amides is 1. The van der Waals surface area contributed by atoms with E-state index in [-0.39, 0.29) is 5.91 Å². The Morgan fingerprint density at radius 3 is 2.64 bits per heavy atom. The topological polar surface area (TPSA) is 47.6 Å². The molecule has 0 heterocycles. The van der Waals surface area contributed by atoms with E-state index in [0.29, 0.717) is 40.3 Å². The molecule has 2 aromatic carbocycles. The molecule has 0 aliphatic rings. The summed E-state index contributed by atoms with van der Waals surface area (Å²) in [4.78, 5) is 11.5. The summed E-state index contributed by atoms with van der Waals surface area (Å²) in [7, 11) is 1.58. The Morgan fingerprint density at radius 1 is 1.09 bits per heavy atom. The normalized spacial score (nSPS) is 10.1. The number of halogens is 2. The third-order valence-corrected chi connectivity index (χ3v) is 3.37.